The largest absolute Gasteiger partial charge is 0.462 e. The Bertz CT molecular complexity index is 677. The average Bonchev–Trinajstić information content (AvgIpc) is 3.10. The number of rotatable bonds is 2. The minimum absolute atomic E-state index is 0.0144. The molecule has 1 aromatic carbocycles. The molecule has 5 heteroatoms. The van der Waals surface area contributed by atoms with Crippen molar-refractivity contribution >= 4 is 11.9 Å². The summed E-state index contributed by atoms with van der Waals surface area (Å²) in [6, 6.07) is 7.99. The van der Waals surface area contributed by atoms with E-state index in [0.717, 1.165) is 12.0 Å². The minimum Gasteiger partial charge on any atom is -0.462 e. The van der Waals surface area contributed by atoms with Gasteiger partial charge in [-0.05, 0) is 17.5 Å². The van der Waals surface area contributed by atoms with Gasteiger partial charge in [-0.25, -0.2) is 4.79 Å². The standard InChI is InChI=1S/C17H16O5/c1-9-6-14(21-16(9)18)20-8-13-12-7-10-4-2-3-5-11(10)15(12)22-17(13)19/h2-5,8-9,12,14-15H,6-7H2,1H3. The highest BCUT2D eigenvalue weighted by molar-refractivity contribution is 5.92. The average molecular weight is 300 g/mol. The van der Waals surface area contributed by atoms with E-state index in [4.69, 9.17) is 14.2 Å². The molecule has 0 N–H and O–H groups in total. The van der Waals surface area contributed by atoms with Crippen LogP contribution in [-0.4, -0.2) is 18.2 Å². The van der Waals surface area contributed by atoms with Gasteiger partial charge in [-0.1, -0.05) is 31.2 Å². The van der Waals surface area contributed by atoms with Gasteiger partial charge < -0.3 is 14.2 Å². The Balaban J connectivity index is 1.53. The second-order valence-electron chi connectivity index (χ2n) is 6.05. The van der Waals surface area contributed by atoms with Crippen molar-refractivity contribution in [3.8, 4) is 0 Å². The van der Waals surface area contributed by atoms with Crippen LogP contribution in [0.15, 0.2) is 36.1 Å². The van der Waals surface area contributed by atoms with Crippen molar-refractivity contribution in [2.45, 2.75) is 32.2 Å². The highest BCUT2D eigenvalue weighted by atomic mass is 16.7. The van der Waals surface area contributed by atoms with Crippen molar-refractivity contribution in [1.29, 1.82) is 0 Å². The van der Waals surface area contributed by atoms with E-state index >= 15 is 0 Å². The van der Waals surface area contributed by atoms with E-state index in [1.165, 1.54) is 11.8 Å². The molecule has 4 unspecified atom stereocenters. The first-order valence-corrected chi connectivity index (χ1v) is 7.48. The topological polar surface area (TPSA) is 61.8 Å². The summed E-state index contributed by atoms with van der Waals surface area (Å²) in [5, 5.41) is 0. The fourth-order valence-corrected chi connectivity index (χ4v) is 3.36. The zero-order valence-electron chi connectivity index (χ0n) is 12.2. The van der Waals surface area contributed by atoms with Gasteiger partial charge >= 0.3 is 11.9 Å². The highest BCUT2D eigenvalue weighted by Gasteiger charge is 2.46. The van der Waals surface area contributed by atoms with Crippen molar-refractivity contribution in [2.75, 3.05) is 0 Å². The van der Waals surface area contributed by atoms with E-state index in [1.807, 2.05) is 18.2 Å². The number of hydrogen-bond donors (Lipinski definition) is 0. The molecule has 2 fully saturated rings. The van der Waals surface area contributed by atoms with Crippen molar-refractivity contribution in [2.24, 2.45) is 11.8 Å². The summed E-state index contributed by atoms with van der Waals surface area (Å²) in [5.74, 6) is -0.785. The van der Waals surface area contributed by atoms with Crippen molar-refractivity contribution in [3.05, 3.63) is 47.2 Å². The molecule has 4 rings (SSSR count). The lowest BCUT2D eigenvalue weighted by Gasteiger charge is -2.10. The summed E-state index contributed by atoms with van der Waals surface area (Å²) in [5.41, 5.74) is 2.80. The maximum Gasteiger partial charge on any atom is 0.338 e. The van der Waals surface area contributed by atoms with Gasteiger partial charge in [0.1, 0.15) is 6.10 Å². The summed E-state index contributed by atoms with van der Waals surface area (Å²) in [6.45, 7) is 1.80. The lowest BCUT2D eigenvalue weighted by atomic mass is 9.98. The zero-order valence-corrected chi connectivity index (χ0v) is 12.2. The Kier molecular flexibility index (Phi) is 2.96. The smallest absolute Gasteiger partial charge is 0.338 e. The number of hydrogen-bond acceptors (Lipinski definition) is 5. The Hall–Kier alpha value is -2.30. The summed E-state index contributed by atoms with van der Waals surface area (Å²) in [7, 11) is 0. The van der Waals surface area contributed by atoms with Crippen LogP contribution in [-0.2, 0) is 30.2 Å². The van der Waals surface area contributed by atoms with Crippen molar-refractivity contribution in [3.63, 3.8) is 0 Å². The molecule has 2 aliphatic heterocycles. The number of carbonyl (C=O) groups excluding carboxylic acids is 2. The molecule has 1 aromatic rings. The molecule has 0 radical (unpaired) electrons. The third kappa shape index (κ3) is 2.00. The van der Waals surface area contributed by atoms with Gasteiger partial charge in [-0.3, -0.25) is 4.79 Å². The van der Waals surface area contributed by atoms with E-state index in [-0.39, 0.29) is 29.9 Å². The minimum atomic E-state index is -0.606. The monoisotopic (exact) mass is 300 g/mol. The highest BCUT2D eigenvalue weighted by Crippen LogP contribution is 2.47. The third-order valence-electron chi connectivity index (χ3n) is 4.58. The van der Waals surface area contributed by atoms with E-state index < -0.39 is 6.29 Å². The van der Waals surface area contributed by atoms with Gasteiger partial charge in [0.15, 0.2) is 0 Å². The molecule has 0 bridgehead atoms. The van der Waals surface area contributed by atoms with Crippen LogP contribution < -0.4 is 0 Å². The Morgan fingerprint density at radius 1 is 1.23 bits per heavy atom. The van der Waals surface area contributed by atoms with Crippen LogP contribution in [0, 0.1) is 11.8 Å². The molecule has 5 nitrogen and oxygen atoms in total. The van der Waals surface area contributed by atoms with Crippen LogP contribution in [0.25, 0.3) is 0 Å². The van der Waals surface area contributed by atoms with Gasteiger partial charge in [-0.15, -0.1) is 0 Å². The second-order valence-corrected chi connectivity index (χ2v) is 6.05. The molecular formula is C17H16O5. The molecule has 114 valence electrons. The van der Waals surface area contributed by atoms with Crippen LogP contribution in [0.2, 0.25) is 0 Å². The van der Waals surface area contributed by atoms with Crippen LogP contribution >= 0.6 is 0 Å². The molecule has 2 heterocycles. The number of esters is 2. The van der Waals surface area contributed by atoms with Crippen molar-refractivity contribution in [1.82, 2.24) is 0 Å². The normalized spacial score (nSPS) is 34.3. The van der Waals surface area contributed by atoms with E-state index in [0.29, 0.717) is 12.0 Å². The summed E-state index contributed by atoms with van der Waals surface area (Å²) >= 11 is 0. The number of ether oxygens (including phenoxy) is 3. The summed E-state index contributed by atoms with van der Waals surface area (Å²) in [6.07, 6.45) is 1.87. The van der Waals surface area contributed by atoms with Gasteiger partial charge in [0.25, 0.3) is 0 Å². The van der Waals surface area contributed by atoms with E-state index in [2.05, 4.69) is 6.07 Å². The van der Waals surface area contributed by atoms with Gasteiger partial charge in [0.05, 0.1) is 17.8 Å². The molecule has 2 saturated heterocycles. The Morgan fingerprint density at radius 3 is 2.82 bits per heavy atom. The molecule has 3 aliphatic rings. The van der Waals surface area contributed by atoms with Crippen LogP contribution in [0.5, 0.6) is 0 Å². The Labute approximate surface area is 127 Å². The maximum absolute atomic E-state index is 12.1. The first-order valence-electron chi connectivity index (χ1n) is 7.48. The first-order chi connectivity index (χ1) is 10.6. The number of carbonyl (C=O) groups is 2. The molecule has 0 amide bonds. The second kappa shape index (κ2) is 4.87. The van der Waals surface area contributed by atoms with Crippen LogP contribution in [0.3, 0.4) is 0 Å². The number of benzene rings is 1. The Morgan fingerprint density at radius 2 is 2.05 bits per heavy atom. The predicted octanol–water partition coefficient (Wildman–Crippen LogP) is 2.27. The van der Waals surface area contributed by atoms with E-state index in [1.54, 1.807) is 6.92 Å². The van der Waals surface area contributed by atoms with Gasteiger partial charge in [0, 0.05) is 12.3 Å². The summed E-state index contributed by atoms with van der Waals surface area (Å²) < 4.78 is 16.1. The number of cyclic esters (lactones) is 1. The lowest BCUT2D eigenvalue weighted by molar-refractivity contribution is -0.156. The zero-order chi connectivity index (χ0) is 15.3. The van der Waals surface area contributed by atoms with E-state index in [9.17, 15) is 9.59 Å². The van der Waals surface area contributed by atoms with Crippen LogP contribution in [0.1, 0.15) is 30.6 Å². The van der Waals surface area contributed by atoms with Crippen molar-refractivity contribution < 1.29 is 23.8 Å². The fourth-order valence-electron chi connectivity index (χ4n) is 3.36. The lowest BCUT2D eigenvalue weighted by Crippen LogP contribution is -2.11. The molecule has 4 atom stereocenters. The molecule has 1 aliphatic carbocycles. The first kappa shape index (κ1) is 13.4. The van der Waals surface area contributed by atoms with Crippen LogP contribution in [0.4, 0.5) is 0 Å². The molecular weight excluding hydrogens is 284 g/mol. The molecule has 0 saturated carbocycles. The SMILES string of the molecule is CC1CC(OC=C2C(=O)OC3c4ccccc4CC23)OC1=O. The molecule has 0 aromatic heterocycles. The maximum atomic E-state index is 12.1. The molecule has 22 heavy (non-hydrogen) atoms. The number of fused-ring (bicyclic) bond motifs is 3. The van der Waals surface area contributed by atoms with Gasteiger partial charge in [-0.2, -0.15) is 0 Å². The third-order valence-corrected chi connectivity index (χ3v) is 4.58. The van der Waals surface area contributed by atoms with Gasteiger partial charge in [0.2, 0.25) is 6.29 Å². The quantitative estimate of drug-likeness (QED) is 0.476. The predicted molar refractivity (Wildman–Crippen MR) is 75.3 cm³/mol. The fraction of sp³-hybridized carbons (Fsp3) is 0.412. The summed E-state index contributed by atoms with van der Waals surface area (Å²) in [4.78, 5) is 23.4. The molecule has 0 spiro atoms.